The van der Waals surface area contributed by atoms with Gasteiger partial charge in [0.25, 0.3) is 5.91 Å². The monoisotopic (exact) mass is 446 g/mol. The van der Waals surface area contributed by atoms with E-state index in [0.717, 1.165) is 20.6 Å². The second-order valence-electron chi connectivity index (χ2n) is 5.87. The number of hydrogen-bond donors (Lipinski definition) is 1. The third kappa shape index (κ3) is 5.00. The van der Waals surface area contributed by atoms with E-state index in [4.69, 9.17) is 4.74 Å². The second-order valence-corrected chi connectivity index (χ2v) is 7.87. The van der Waals surface area contributed by atoms with Crippen LogP contribution < -0.4 is 10.2 Å². The predicted molar refractivity (Wildman–Crippen MR) is 112 cm³/mol. The van der Waals surface area contributed by atoms with E-state index in [9.17, 15) is 9.59 Å². The van der Waals surface area contributed by atoms with Crippen molar-refractivity contribution < 1.29 is 14.3 Å². The summed E-state index contributed by atoms with van der Waals surface area (Å²) in [5.74, 6) is -0.399. The quantitative estimate of drug-likeness (QED) is 0.542. The van der Waals surface area contributed by atoms with Crippen LogP contribution >= 0.6 is 27.7 Å². The van der Waals surface area contributed by atoms with Crippen molar-refractivity contribution in [3.05, 3.63) is 63.5 Å². The minimum atomic E-state index is -0.219. The Morgan fingerprint density at radius 3 is 2.85 bits per heavy atom. The predicted octanol–water partition coefficient (Wildman–Crippen LogP) is 3.69. The van der Waals surface area contributed by atoms with Crippen LogP contribution in [0.4, 0.5) is 5.69 Å². The minimum Gasteiger partial charge on any atom is -0.383 e. The number of methoxy groups -OCH3 is 1. The molecule has 27 heavy (non-hydrogen) atoms. The fraction of sp³-hybridized carbons (Fsp3) is 0.200. The zero-order valence-corrected chi connectivity index (χ0v) is 17.2. The number of anilines is 1. The first-order valence-corrected chi connectivity index (χ1v) is 10.0. The van der Waals surface area contributed by atoms with E-state index in [2.05, 4.69) is 21.2 Å². The summed E-state index contributed by atoms with van der Waals surface area (Å²) in [5, 5.41) is 2.76. The number of rotatable bonds is 6. The van der Waals surface area contributed by atoms with Gasteiger partial charge >= 0.3 is 0 Å². The first-order valence-electron chi connectivity index (χ1n) is 8.40. The lowest BCUT2D eigenvalue weighted by Gasteiger charge is -2.29. The molecule has 1 aliphatic heterocycles. The van der Waals surface area contributed by atoms with Crippen molar-refractivity contribution in [1.82, 2.24) is 5.32 Å². The van der Waals surface area contributed by atoms with E-state index in [1.807, 2.05) is 54.6 Å². The number of thioether (sulfide) groups is 1. The largest absolute Gasteiger partial charge is 0.383 e. The van der Waals surface area contributed by atoms with Crippen molar-refractivity contribution in [2.75, 3.05) is 31.7 Å². The van der Waals surface area contributed by atoms with E-state index < -0.39 is 0 Å². The van der Waals surface area contributed by atoms with Gasteiger partial charge < -0.3 is 10.1 Å². The molecule has 2 amide bonds. The van der Waals surface area contributed by atoms with E-state index in [1.165, 1.54) is 16.7 Å². The van der Waals surface area contributed by atoms with Crippen LogP contribution in [0.15, 0.2) is 62.8 Å². The average molecular weight is 447 g/mol. The highest BCUT2D eigenvalue weighted by molar-refractivity contribution is 9.10. The zero-order valence-electron chi connectivity index (χ0n) is 14.8. The zero-order chi connectivity index (χ0) is 19.2. The molecular weight excluding hydrogens is 428 g/mol. The molecule has 5 nitrogen and oxygen atoms in total. The summed E-state index contributed by atoms with van der Waals surface area (Å²) < 4.78 is 5.89. The Morgan fingerprint density at radius 1 is 1.26 bits per heavy atom. The highest BCUT2D eigenvalue weighted by Gasteiger charge is 2.30. The number of ether oxygens (including phenoxy) is 1. The molecule has 0 unspecified atom stereocenters. The molecule has 0 saturated heterocycles. The molecule has 0 bridgehead atoms. The lowest BCUT2D eigenvalue weighted by atomic mass is 10.2. The maximum absolute atomic E-state index is 13.1. The summed E-state index contributed by atoms with van der Waals surface area (Å²) in [6.45, 7) is 0.810. The number of carbonyl (C=O) groups excluding carboxylic acids is 2. The Kier molecular flexibility index (Phi) is 6.71. The van der Waals surface area contributed by atoms with Crippen molar-refractivity contribution >= 4 is 51.3 Å². The number of nitrogens with zero attached hydrogens (tertiary/aromatic N) is 1. The molecule has 0 aliphatic carbocycles. The maximum Gasteiger partial charge on any atom is 0.265 e. The highest BCUT2D eigenvalue weighted by atomic mass is 79.9. The summed E-state index contributed by atoms with van der Waals surface area (Å²) in [6.07, 6.45) is 1.85. The SMILES string of the molecule is COCCNC(=O)CN1C(=O)/C(=C\c2cccc(Br)c2)Sc2ccccc21. The molecule has 0 spiro atoms. The van der Waals surface area contributed by atoms with Gasteiger partial charge in [0.2, 0.25) is 5.91 Å². The summed E-state index contributed by atoms with van der Waals surface area (Å²) in [5.41, 5.74) is 1.67. The van der Waals surface area contributed by atoms with Gasteiger partial charge in [-0.05, 0) is 35.9 Å². The van der Waals surface area contributed by atoms with Crippen LogP contribution in [-0.2, 0) is 14.3 Å². The van der Waals surface area contributed by atoms with Crippen molar-refractivity contribution in [2.24, 2.45) is 0 Å². The molecular formula is C20H19BrN2O3S. The van der Waals surface area contributed by atoms with Crippen molar-refractivity contribution in [2.45, 2.75) is 4.90 Å². The van der Waals surface area contributed by atoms with Gasteiger partial charge in [0.05, 0.1) is 17.2 Å². The molecule has 0 saturated carbocycles. The van der Waals surface area contributed by atoms with Crippen molar-refractivity contribution in [3.8, 4) is 0 Å². The van der Waals surface area contributed by atoms with Gasteiger partial charge in [-0.1, -0.05) is 52.0 Å². The number of para-hydroxylation sites is 1. The number of fused-ring (bicyclic) bond motifs is 1. The van der Waals surface area contributed by atoms with Crippen molar-refractivity contribution in [1.29, 1.82) is 0 Å². The molecule has 7 heteroatoms. The first-order chi connectivity index (χ1) is 13.1. The number of hydrogen-bond acceptors (Lipinski definition) is 4. The summed E-state index contributed by atoms with van der Waals surface area (Å²) in [7, 11) is 1.58. The maximum atomic E-state index is 13.1. The van der Waals surface area contributed by atoms with E-state index in [-0.39, 0.29) is 18.4 Å². The standard InChI is InChI=1S/C20H19BrN2O3S/c1-26-10-9-22-19(24)13-23-16-7-2-3-8-17(16)27-18(20(23)25)12-14-5-4-6-15(21)11-14/h2-8,11-12H,9-10,13H2,1H3,(H,22,24)/b18-12+. The molecule has 0 atom stereocenters. The van der Waals surface area contributed by atoms with Crippen LogP contribution in [0, 0.1) is 0 Å². The van der Waals surface area contributed by atoms with Gasteiger partial charge in [-0.25, -0.2) is 0 Å². The Morgan fingerprint density at radius 2 is 2.07 bits per heavy atom. The van der Waals surface area contributed by atoms with Crippen LogP contribution in [0.5, 0.6) is 0 Å². The summed E-state index contributed by atoms with van der Waals surface area (Å²) >= 11 is 4.87. The molecule has 140 valence electrons. The third-order valence-corrected chi connectivity index (χ3v) is 5.48. The molecule has 0 radical (unpaired) electrons. The first kappa shape index (κ1) is 19.7. The average Bonchev–Trinajstić information content (AvgIpc) is 2.65. The molecule has 0 aromatic heterocycles. The Balaban J connectivity index is 1.87. The number of nitrogens with one attached hydrogen (secondary N) is 1. The van der Waals surface area contributed by atoms with Gasteiger partial charge in [-0.2, -0.15) is 0 Å². The third-order valence-electron chi connectivity index (χ3n) is 3.91. The molecule has 1 heterocycles. The molecule has 1 N–H and O–H groups in total. The van der Waals surface area contributed by atoms with Gasteiger partial charge in [0.1, 0.15) is 6.54 Å². The van der Waals surface area contributed by atoms with E-state index in [0.29, 0.717) is 18.1 Å². The molecule has 3 rings (SSSR count). The van der Waals surface area contributed by atoms with E-state index >= 15 is 0 Å². The van der Waals surface area contributed by atoms with Gasteiger partial charge in [-0.3, -0.25) is 14.5 Å². The molecule has 1 aliphatic rings. The second kappa shape index (κ2) is 9.21. The van der Waals surface area contributed by atoms with E-state index in [1.54, 1.807) is 7.11 Å². The number of amides is 2. The number of carbonyl (C=O) groups is 2. The number of halogens is 1. The molecule has 2 aromatic carbocycles. The van der Waals surface area contributed by atoms with Crippen LogP contribution in [0.2, 0.25) is 0 Å². The lowest BCUT2D eigenvalue weighted by Crippen LogP contribution is -2.43. The van der Waals surface area contributed by atoms with Crippen molar-refractivity contribution in [3.63, 3.8) is 0 Å². The van der Waals surface area contributed by atoms with Gasteiger partial charge in [0.15, 0.2) is 0 Å². The smallest absolute Gasteiger partial charge is 0.265 e. The van der Waals surface area contributed by atoms with Crippen LogP contribution in [-0.4, -0.2) is 38.6 Å². The summed E-state index contributed by atoms with van der Waals surface area (Å²) in [4.78, 5) is 28.4. The van der Waals surface area contributed by atoms with Crippen LogP contribution in [0.1, 0.15) is 5.56 Å². The highest BCUT2D eigenvalue weighted by Crippen LogP contribution is 2.41. The van der Waals surface area contributed by atoms with Gasteiger partial charge in [0, 0.05) is 23.0 Å². The topological polar surface area (TPSA) is 58.6 Å². The van der Waals surface area contributed by atoms with Crippen LogP contribution in [0.3, 0.4) is 0 Å². The summed E-state index contributed by atoms with van der Waals surface area (Å²) in [6, 6.07) is 15.3. The number of benzene rings is 2. The normalized spacial score (nSPS) is 15.0. The van der Waals surface area contributed by atoms with Crippen LogP contribution in [0.25, 0.3) is 6.08 Å². The molecule has 0 fully saturated rings. The fourth-order valence-corrected chi connectivity index (χ4v) is 4.13. The molecule has 2 aromatic rings. The lowest BCUT2D eigenvalue weighted by molar-refractivity contribution is -0.122. The Labute approximate surface area is 170 Å². The van der Waals surface area contributed by atoms with Gasteiger partial charge in [-0.15, -0.1) is 0 Å². The Hall–Kier alpha value is -2.09. The fourth-order valence-electron chi connectivity index (χ4n) is 2.66. The Bertz CT molecular complexity index is 885. The minimum absolute atomic E-state index is 0.0318.